The lowest BCUT2D eigenvalue weighted by Crippen LogP contribution is -2.19. The molecule has 0 spiro atoms. The lowest BCUT2D eigenvalue weighted by Gasteiger charge is -2.14. The number of aromatic nitrogens is 4. The van der Waals surface area contributed by atoms with Gasteiger partial charge in [-0.05, 0) is 5.56 Å². The third kappa shape index (κ3) is 3.95. The summed E-state index contributed by atoms with van der Waals surface area (Å²) in [6.45, 7) is -1.06. The van der Waals surface area contributed by atoms with Crippen LogP contribution >= 0.6 is 11.8 Å². The molecular formula is C15H13F3N4S. The molecule has 2 aromatic heterocycles. The molecule has 0 aliphatic carbocycles. The highest BCUT2D eigenvalue weighted by atomic mass is 32.2. The predicted molar refractivity (Wildman–Crippen MR) is 81.9 cm³/mol. The molecule has 0 saturated heterocycles. The minimum atomic E-state index is -4.31. The molecule has 0 saturated carbocycles. The number of thioether (sulfide) groups is 1. The maximum absolute atomic E-state index is 12.9. The fourth-order valence-corrected chi connectivity index (χ4v) is 3.05. The second kappa shape index (κ2) is 6.49. The molecule has 0 unspecified atom stereocenters. The number of imidazole rings is 1. The van der Waals surface area contributed by atoms with E-state index in [0.717, 1.165) is 5.56 Å². The Hall–Kier alpha value is -2.22. The summed E-state index contributed by atoms with van der Waals surface area (Å²) in [7, 11) is 0. The maximum atomic E-state index is 12.9. The molecule has 0 aliphatic heterocycles. The van der Waals surface area contributed by atoms with Crippen molar-refractivity contribution in [1.82, 2.24) is 19.7 Å². The topological polar surface area (TPSA) is 46.5 Å². The van der Waals surface area contributed by atoms with E-state index in [1.165, 1.54) is 22.5 Å². The van der Waals surface area contributed by atoms with Gasteiger partial charge in [0.15, 0.2) is 5.16 Å². The Kier molecular flexibility index (Phi) is 4.42. The van der Waals surface area contributed by atoms with Crippen LogP contribution in [0.5, 0.6) is 0 Å². The Balaban J connectivity index is 1.91. The molecule has 120 valence electrons. The Morgan fingerprint density at radius 1 is 1.13 bits per heavy atom. The van der Waals surface area contributed by atoms with E-state index < -0.39 is 12.7 Å². The Morgan fingerprint density at radius 2 is 1.91 bits per heavy atom. The van der Waals surface area contributed by atoms with Crippen LogP contribution in [0.1, 0.15) is 5.56 Å². The van der Waals surface area contributed by atoms with Gasteiger partial charge in [0.2, 0.25) is 0 Å². The molecule has 0 radical (unpaired) electrons. The average molecular weight is 338 g/mol. The van der Waals surface area contributed by atoms with Gasteiger partial charge >= 0.3 is 6.18 Å². The lowest BCUT2D eigenvalue weighted by molar-refractivity contribution is -0.141. The molecule has 1 aromatic carbocycles. The Bertz CT molecular complexity index is 751. The molecule has 0 fully saturated rings. The molecule has 23 heavy (non-hydrogen) atoms. The minimum absolute atomic E-state index is 0.336. The zero-order chi connectivity index (χ0) is 16.3. The van der Waals surface area contributed by atoms with Gasteiger partial charge in [0.25, 0.3) is 0 Å². The summed E-state index contributed by atoms with van der Waals surface area (Å²) in [5, 5.41) is 6.84. The maximum Gasteiger partial charge on any atom is 0.406 e. The number of hydrogen-bond acceptors (Lipinski definition) is 3. The van der Waals surface area contributed by atoms with Crippen molar-refractivity contribution in [3.05, 3.63) is 54.5 Å². The Labute approximate surface area is 134 Å². The molecule has 0 atom stereocenters. The van der Waals surface area contributed by atoms with Crippen molar-refractivity contribution in [2.45, 2.75) is 23.6 Å². The van der Waals surface area contributed by atoms with Crippen LogP contribution in [-0.2, 0) is 12.3 Å². The van der Waals surface area contributed by atoms with Crippen molar-refractivity contribution in [3.8, 4) is 11.3 Å². The number of nitrogens with one attached hydrogen (secondary N) is 1. The fraction of sp³-hybridized carbons (Fsp3) is 0.200. The van der Waals surface area contributed by atoms with E-state index in [0.29, 0.717) is 22.2 Å². The number of halogens is 3. The lowest BCUT2D eigenvalue weighted by atomic mass is 10.2. The van der Waals surface area contributed by atoms with Crippen LogP contribution in [0.25, 0.3) is 11.3 Å². The van der Waals surface area contributed by atoms with Crippen LogP contribution in [0.2, 0.25) is 0 Å². The highest BCUT2D eigenvalue weighted by Crippen LogP contribution is 2.31. The van der Waals surface area contributed by atoms with Crippen molar-refractivity contribution in [1.29, 1.82) is 0 Å². The van der Waals surface area contributed by atoms with Crippen molar-refractivity contribution in [3.63, 3.8) is 0 Å². The van der Waals surface area contributed by atoms with Gasteiger partial charge in [-0.15, -0.1) is 0 Å². The predicted octanol–water partition coefficient (Wildman–Crippen LogP) is 4.13. The standard InChI is InChI=1S/C15H13F3N4S/c16-15(17,18)10-22-13(12-4-2-1-3-5-12)8-19-14(22)23-9-11-6-20-21-7-11/h1-8H,9-10H2,(H,20,21). The molecule has 1 N–H and O–H groups in total. The summed E-state index contributed by atoms with van der Waals surface area (Å²) >= 11 is 1.25. The Morgan fingerprint density at radius 3 is 2.57 bits per heavy atom. The van der Waals surface area contributed by atoms with Crippen molar-refractivity contribution in [2.75, 3.05) is 0 Å². The summed E-state index contributed by atoms with van der Waals surface area (Å²) in [4.78, 5) is 4.17. The van der Waals surface area contributed by atoms with Gasteiger partial charge in [-0.2, -0.15) is 18.3 Å². The van der Waals surface area contributed by atoms with E-state index in [4.69, 9.17) is 0 Å². The van der Waals surface area contributed by atoms with E-state index in [-0.39, 0.29) is 0 Å². The fourth-order valence-electron chi connectivity index (χ4n) is 2.15. The van der Waals surface area contributed by atoms with Crippen molar-refractivity contribution < 1.29 is 13.2 Å². The van der Waals surface area contributed by atoms with Gasteiger partial charge in [-0.1, -0.05) is 42.1 Å². The molecule has 0 amide bonds. The first-order valence-electron chi connectivity index (χ1n) is 6.81. The van der Waals surface area contributed by atoms with Crippen LogP contribution in [0.4, 0.5) is 13.2 Å². The molecule has 8 heteroatoms. The van der Waals surface area contributed by atoms with Crippen molar-refractivity contribution in [2.24, 2.45) is 0 Å². The van der Waals surface area contributed by atoms with E-state index in [1.54, 1.807) is 36.7 Å². The summed E-state index contributed by atoms with van der Waals surface area (Å²) in [6.07, 6.45) is 0.526. The first kappa shape index (κ1) is 15.7. The second-order valence-electron chi connectivity index (χ2n) is 4.89. The number of rotatable bonds is 5. The monoisotopic (exact) mass is 338 g/mol. The zero-order valence-electron chi connectivity index (χ0n) is 11.9. The SMILES string of the molecule is FC(F)(F)Cn1c(-c2ccccc2)cnc1SCc1cn[nH]c1. The molecule has 0 aliphatic rings. The van der Waals surface area contributed by atoms with E-state index in [1.807, 2.05) is 6.07 Å². The van der Waals surface area contributed by atoms with Gasteiger partial charge in [0.1, 0.15) is 6.54 Å². The number of aromatic amines is 1. The minimum Gasteiger partial charge on any atom is -0.310 e. The van der Waals surface area contributed by atoms with Crippen LogP contribution in [0.15, 0.2) is 54.1 Å². The zero-order valence-corrected chi connectivity index (χ0v) is 12.7. The third-order valence-corrected chi connectivity index (χ3v) is 4.21. The highest BCUT2D eigenvalue weighted by molar-refractivity contribution is 7.98. The number of alkyl halides is 3. The van der Waals surface area contributed by atoms with E-state index in [2.05, 4.69) is 15.2 Å². The summed E-state index contributed by atoms with van der Waals surface area (Å²) in [5.74, 6) is 0.500. The van der Waals surface area contributed by atoms with Gasteiger partial charge in [-0.3, -0.25) is 5.10 Å². The molecule has 0 bridgehead atoms. The summed E-state index contributed by atoms with van der Waals surface area (Å²) < 4.78 is 40.0. The highest BCUT2D eigenvalue weighted by Gasteiger charge is 2.30. The van der Waals surface area contributed by atoms with Crippen LogP contribution in [0.3, 0.4) is 0 Å². The van der Waals surface area contributed by atoms with E-state index in [9.17, 15) is 13.2 Å². The van der Waals surface area contributed by atoms with Gasteiger partial charge in [-0.25, -0.2) is 4.98 Å². The van der Waals surface area contributed by atoms with Gasteiger partial charge < -0.3 is 4.57 Å². The molecular weight excluding hydrogens is 325 g/mol. The number of benzene rings is 1. The largest absolute Gasteiger partial charge is 0.406 e. The van der Waals surface area contributed by atoms with E-state index >= 15 is 0 Å². The van der Waals surface area contributed by atoms with Crippen LogP contribution < -0.4 is 0 Å². The first-order chi connectivity index (χ1) is 11.0. The summed E-state index contributed by atoms with van der Waals surface area (Å²) in [5.41, 5.74) is 2.06. The average Bonchev–Trinajstić information content (AvgIpc) is 3.14. The molecule has 4 nitrogen and oxygen atoms in total. The number of nitrogens with zero attached hydrogens (tertiary/aromatic N) is 3. The number of hydrogen-bond donors (Lipinski definition) is 1. The molecule has 2 heterocycles. The quantitative estimate of drug-likeness (QED) is 0.712. The van der Waals surface area contributed by atoms with Gasteiger partial charge in [0.05, 0.1) is 18.1 Å². The first-order valence-corrected chi connectivity index (χ1v) is 7.79. The van der Waals surface area contributed by atoms with Gasteiger partial charge in [0, 0.05) is 17.5 Å². The summed E-state index contributed by atoms with van der Waals surface area (Å²) in [6, 6.07) is 8.95. The van der Waals surface area contributed by atoms with Crippen LogP contribution in [-0.4, -0.2) is 25.9 Å². The molecule has 3 rings (SSSR count). The third-order valence-electron chi connectivity index (χ3n) is 3.15. The number of H-pyrrole nitrogens is 1. The second-order valence-corrected chi connectivity index (χ2v) is 5.83. The molecule has 3 aromatic rings. The normalized spacial score (nSPS) is 11.8. The van der Waals surface area contributed by atoms with Crippen molar-refractivity contribution >= 4 is 11.8 Å². The van der Waals surface area contributed by atoms with Crippen LogP contribution in [0, 0.1) is 0 Å². The smallest absolute Gasteiger partial charge is 0.310 e.